The van der Waals surface area contributed by atoms with E-state index in [-0.39, 0.29) is 31.9 Å². The number of hydrogen-bond donors (Lipinski definition) is 8. The van der Waals surface area contributed by atoms with Crippen LogP contribution in [0.5, 0.6) is 0 Å². The number of carbonyl (C=O) groups is 5. The van der Waals surface area contributed by atoms with E-state index in [1.165, 1.54) is 4.90 Å². The van der Waals surface area contributed by atoms with Crippen molar-refractivity contribution in [2.24, 2.45) is 11.5 Å². The highest BCUT2D eigenvalue weighted by molar-refractivity contribution is 5.95. The zero-order valence-electron chi connectivity index (χ0n) is 21.6. The molecule has 1 aromatic rings. The predicted molar refractivity (Wildman–Crippen MR) is 140 cm³/mol. The van der Waals surface area contributed by atoms with Gasteiger partial charge in [0.25, 0.3) is 0 Å². The van der Waals surface area contributed by atoms with Gasteiger partial charge in [-0.2, -0.15) is 0 Å². The average Bonchev–Trinajstić information content (AvgIpc) is 2.89. The summed E-state index contributed by atoms with van der Waals surface area (Å²) in [7, 11) is 0. The minimum atomic E-state index is -1.31. The van der Waals surface area contributed by atoms with E-state index >= 15 is 0 Å². The van der Waals surface area contributed by atoms with Crippen molar-refractivity contribution >= 4 is 35.6 Å². The summed E-state index contributed by atoms with van der Waals surface area (Å²) in [6.07, 6.45) is 1.40. The Hall–Kier alpha value is -4.20. The number of carboxylic acid groups (broad SMARTS) is 2. The van der Waals surface area contributed by atoms with E-state index < -0.39 is 60.2 Å². The number of piperidine rings is 1. The molecule has 10 N–H and O–H groups in total. The molecule has 0 saturated carbocycles. The van der Waals surface area contributed by atoms with Crippen molar-refractivity contribution < 1.29 is 34.2 Å². The van der Waals surface area contributed by atoms with Crippen molar-refractivity contribution in [3.8, 4) is 0 Å². The maximum absolute atomic E-state index is 13.4. The summed E-state index contributed by atoms with van der Waals surface area (Å²) >= 11 is 0. The second-order valence-electron chi connectivity index (χ2n) is 9.38. The summed E-state index contributed by atoms with van der Waals surface area (Å²) in [5, 5.41) is 33.5. The van der Waals surface area contributed by atoms with E-state index in [4.69, 9.17) is 22.0 Å². The third-order valence-corrected chi connectivity index (χ3v) is 6.32. The summed E-state index contributed by atoms with van der Waals surface area (Å²) in [5.74, 6) is -4.73. The van der Waals surface area contributed by atoms with Crippen LogP contribution in [-0.4, -0.2) is 88.0 Å². The molecule has 0 bridgehead atoms. The molecule has 0 aliphatic carbocycles. The van der Waals surface area contributed by atoms with Crippen LogP contribution in [0.25, 0.3) is 0 Å². The maximum Gasteiger partial charge on any atom is 0.326 e. The maximum atomic E-state index is 13.4. The van der Waals surface area contributed by atoms with Gasteiger partial charge in [-0.15, -0.1) is 0 Å². The van der Waals surface area contributed by atoms with Crippen LogP contribution in [0.4, 0.5) is 0 Å². The van der Waals surface area contributed by atoms with Crippen LogP contribution < -0.4 is 27.4 Å². The standard InChI is InChI=1S/C25H37N7O7/c26-16(14-20(33)34)23(37)32-12-5-4-10-19(32)22(36)31-18(13-15-7-2-1-3-8-15)21(35)30-17(24(38)39)9-6-11-29-25(27)28/h1-3,7-8,16-19H,4-6,9-14,26H2,(H,30,35)(H,31,36)(H,33,34)(H,38,39)(H4,27,28,29)/t16-,17-,18+,19-/m0/s1. The molecule has 2 rings (SSSR count). The summed E-state index contributed by atoms with van der Waals surface area (Å²) < 4.78 is 0. The van der Waals surface area contributed by atoms with E-state index in [1.807, 2.05) is 0 Å². The zero-order valence-corrected chi connectivity index (χ0v) is 21.6. The van der Waals surface area contributed by atoms with Gasteiger partial charge in [-0.1, -0.05) is 30.3 Å². The van der Waals surface area contributed by atoms with Gasteiger partial charge in [0.05, 0.1) is 12.5 Å². The molecule has 3 amide bonds. The van der Waals surface area contributed by atoms with Crippen LogP contribution >= 0.6 is 0 Å². The lowest BCUT2D eigenvalue weighted by molar-refractivity contribution is -0.147. The fourth-order valence-electron chi connectivity index (χ4n) is 4.34. The Bertz CT molecular complexity index is 1040. The zero-order chi connectivity index (χ0) is 28.9. The number of nitrogens with one attached hydrogen (secondary N) is 4. The Morgan fingerprint density at radius 3 is 2.36 bits per heavy atom. The number of benzene rings is 1. The monoisotopic (exact) mass is 547 g/mol. The molecule has 0 radical (unpaired) electrons. The van der Waals surface area contributed by atoms with Gasteiger partial charge in [-0.05, 0) is 37.7 Å². The fourth-order valence-corrected chi connectivity index (χ4v) is 4.34. The minimum Gasteiger partial charge on any atom is -0.481 e. The van der Waals surface area contributed by atoms with Crippen LogP contribution in [0.2, 0.25) is 0 Å². The Labute approximate surface area is 226 Å². The molecule has 1 saturated heterocycles. The average molecular weight is 548 g/mol. The third kappa shape index (κ3) is 10.2. The molecule has 1 aliphatic rings. The normalized spacial score (nSPS) is 17.3. The first-order chi connectivity index (χ1) is 18.5. The van der Waals surface area contributed by atoms with Crippen molar-refractivity contribution in [2.45, 2.75) is 69.1 Å². The molecule has 14 heteroatoms. The summed E-state index contributed by atoms with van der Waals surface area (Å²) in [6.45, 7) is 0.462. The second-order valence-corrected chi connectivity index (χ2v) is 9.38. The van der Waals surface area contributed by atoms with Gasteiger partial charge in [-0.3, -0.25) is 24.6 Å². The third-order valence-electron chi connectivity index (χ3n) is 6.32. The van der Waals surface area contributed by atoms with E-state index in [0.29, 0.717) is 25.7 Å². The molecule has 0 spiro atoms. The van der Waals surface area contributed by atoms with Crippen LogP contribution in [0.3, 0.4) is 0 Å². The predicted octanol–water partition coefficient (Wildman–Crippen LogP) is -1.27. The number of likely N-dealkylation sites (tertiary alicyclic amines) is 1. The molecular formula is C25H37N7O7. The van der Waals surface area contributed by atoms with Gasteiger partial charge < -0.3 is 42.5 Å². The summed E-state index contributed by atoms with van der Waals surface area (Å²) in [4.78, 5) is 63.5. The summed E-state index contributed by atoms with van der Waals surface area (Å²) in [6, 6.07) is 4.17. The molecule has 14 nitrogen and oxygen atoms in total. The van der Waals surface area contributed by atoms with E-state index in [2.05, 4.69) is 16.0 Å². The number of carbonyl (C=O) groups excluding carboxylic acids is 3. The number of nitrogens with zero attached hydrogens (tertiary/aromatic N) is 1. The van der Waals surface area contributed by atoms with E-state index in [1.54, 1.807) is 30.3 Å². The second kappa shape index (κ2) is 15.3. The molecule has 1 heterocycles. The molecule has 1 aliphatic heterocycles. The number of nitrogens with two attached hydrogens (primary N) is 2. The topological polar surface area (TPSA) is 241 Å². The SMILES string of the molecule is N=C(N)NCCC[C@H](NC(=O)[C@@H](Cc1ccccc1)NC(=O)[C@@H]1CCCCN1C(=O)[C@@H](N)CC(=O)O)C(=O)O. The molecule has 1 aromatic carbocycles. The van der Waals surface area contributed by atoms with Gasteiger partial charge in [0, 0.05) is 19.5 Å². The number of hydrogen-bond acceptors (Lipinski definition) is 7. The molecule has 0 aromatic heterocycles. The number of carboxylic acids is 2. The van der Waals surface area contributed by atoms with Crippen molar-refractivity contribution in [2.75, 3.05) is 13.1 Å². The van der Waals surface area contributed by atoms with Crippen molar-refractivity contribution in [1.29, 1.82) is 5.41 Å². The smallest absolute Gasteiger partial charge is 0.326 e. The highest BCUT2D eigenvalue weighted by atomic mass is 16.4. The molecular weight excluding hydrogens is 510 g/mol. The van der Waals surface area contributed by atoms with Crippen molar-refractivity contribution in [3.63, 3.8) is 0 Å². The van der Waals surface area contributed by atoms with E-state index in [9.17, 15) is 29.1 Å². The fraction of sp³-hybridized carbons (Fsp3) is 0.520. The first-order valence-electron chi connectivity index (χ1n) is 12.7. The minimum absolute atomic E-state index is 0.0553. The van der Waals surface area contributed by atoms with E-state index in [0.717, 1.165) is 5.56 Å². The van der Waals surface area contributed by atoms with Crippen molar-refractivity contribution in [1.82, 2.24) is 20.9 Å². The highest BCUT2D eigenvalue weighted by Gasteiger charge is 2.37. The molecule has 39 heavy (non-hydrogen) atoms. The van der Waals surface area contributed by atoms with Crippen LogP contribution in [0, 0.1) is 5.41 Å². The number of rotatable bonds is 14. The number of guanidine groups is 1. The van der Waals surface area contributed by atoms with Crippen LogP contribution in [0.1, 0.15) is 44.1 Å². The summed E-state index contributed by atoms with van der Waals surface area (Å²) in [5.41, 5.74) is 11.7. The van der Waals surface area contributed by atoms with Crippen LogP contribution in [0.15, 0.2) is 30.3 Å². The molecule has 4 atom stereocenters. The lowest BCUT2D eigenvalue weighted by Gasteiger charge is -2.36. The Balaban J connectivity index is 2.18. The lowest BCUT2D eigenvalue weighted by atomic mass is 9.98. The van der Waals surface area contributed by atoms with Gasteiger partial charge in [0.2, 0.25) is 17.7 Å². The molecule has 1 fully saturated rings. The van der Waals surface area contributed by atoms with Crippen molar-refractivity contribution in [3.05, 3.63) is 35.9 Å². The van der Waals surface area contributed by atoms with Gasteiger partial charge in [0.1, 0.15) is 18.1 Å². The number of aliphatic carboxylic acids is 2. The Kier molecular flexibility index (Phi) is 12.1. The quantitative estimate of drug-likeness (QED) is 0.0780. The highest BCUT2D eigenvalue weighted by Crippen LogP contribution is 2.19. The Morgan fingerprint density at radius 2 is 1.74 bits per heavy atom. The first-order valence-corrected chi connectivity index (χ1v) is 12.7. The van der Waals surface area contributed by atoms with Gasteiger partial charge in [-0.25, -0.2) is 4.79 Å². The van der Waals surface area contributed by atoms with Crippen LogP contribution in [-0.2, 0) is 30.4 Å². The molecule has 0 unspecified atom stereocenters. The first kappa shape index (κ1) is 31.0. The largest absolute Gasteiger partial charge is 0.481 e. The molecule has 214 valence electrons. The lowest BCUT2D eigenvalue weighted by Crippen LogP contribution is -2.60. The Morgan fingerprint density at radius 1 is 1.05 bits per heavy atom. The number of amides is 3. The van der Waals surface area contributed by atoms with Gasteiger partial charge in [0.15, 0.2) is 5.96 Å². The van der Waals surface area contributed by atoms with Gasteiger partial charge >= 0.3 is 11.9 Å².